The highest BCUT2D eigenvalue weighted by Crippen LogP contribution is 2.23. The van der Waals surface area contributed by atoms with Gasteiger partial charge in [0.15, 0.2) is 5.82 Å². The van der Waals surface area contributed by atoms with Gasteiger partial charge in [-0.1, -0.05) is 29.3 Å². The number of hydrogen-bond acceptors (Lipinski definition) is 6. The number of H-pyrrole nitrogens is 1. The van der Waals surface area contributed by atoms with Gasteiger partial charge in [0.05, 0.1) is 34.9 Å². The molecule has 1 aromatic carbocycles. The molecule has 0 unspecified atom stereocenters. The van der Waals surface area contributed by atoms with Gasteiger partial charge < -0.3 is 19.8 Å². The molecule has 1 fully saturated rings. The summed E-state index contributed by atoms with van der Waals surface area (Å²) < 4.78 is 11.3. The second-order valence-electron chi connectivity index (χ2n) is 7.59. The number of carbonyl (C=O) groups excluding carboxylic acids is 1. The number of aromatic nitrogens is 3. The summed E-state index contributed by atoms with van der Waals surface area (Å²) in [6.07, 6.45) is 1.47. The molecule has 0 radical (unpaired) electrons. The maximum Gasteiger partial charge on any atom is 0.315 e. The first kappa shape index (κ1) is 22.6. The Morgan fingerprint density at radius 2 is 2.16 bits per heavy atom. The molecular formula is C21H24Cl2N6O3. The molecular weight excluding hydrogens is 455 g/mol. The Bertz CT molecular complexity index is 1070. The van der Waals surface area contributed by atoms with Crippen LogP contribution in [0.3, 0.4) is 0 Å². The van der Waals surface area contributed by atoms with Crippen LogP contribution in [0, 0.1) is 6.92 Å². The normalized spacial score (nSPS) is 16.8. The van der Waals surface area contributed by atoms with E-state index in [1.54, 1.807) is 18.4 Å². The van der Waals surface area contributed by atoms with Gasteiger partial charge in [-0.05, 0) is 30.7 Å². The SMILES string of the molecule is Cc1nc(-c2coc(CNC(=O)NC[C@H]3CN(Cc4ccc(Cl)c(Cl)c4)CCO3)c2)n[nH]1. The van der Waals surface area contributed by atoms with Gasteiger partial charge in [-0.25, -0.2) is 9.78 Å². The largest absolute Gasteiger partial charge is 0.467 e. The third-order valence-corrected chi connectivity index (χ3v) is 5.77. The minimum Gasteiger partial charge on any atom is -0.467 e. The number of aromatic amines is 1. The lowest BCUT2D eigenvalue weighted by atomic mass is 10.2. The standard InChI is InChI=1S/C21H24Cl2N6O3/c1-13-26-20(28-27-13)15-7-16(32-12-15)8-24-21(30)25-9-17-11-29(4-5-31-17)10-14-2-3-18(22)19(23)6-14/h2-3,6-7,12,17H,4-5,8-11H2,1H3,(H2,24,25,30)(H,26,27,28)/t17-/m0/s1. The topological polar surface area (TPSA) is 108 Å². The number of urea groups is 1. The fourth-order valence-corrected chi connectivity index (χ4v) is 3.76. The summed E-state index contributed by atoms with van der Waals surface area (Å²) in [7, 11) is 0. The number of morpholine rings is 1. The molecule has 3 heterocycles. The fraction of sp³-hybridized carbons (Fsp3) is 0.381. The lowest BCUT2D eigenvalue weighted by Crippen LogP contribution is -2.48. The number of nitrogens with one attached hydrogen (secondary N) is 3. The molecule has 4 rings (SSSR count). The Morgan fingerprint density at radius 1 is 1.28 bits per heavy atom. The van der Waals surface area contributed by atoms with Crippen LogP contribution in [0.2, 0.25) is 10.0 Å². The molecule has 3 N–H and O–H groups in total. The Labute approximate surface area is 195 Å². The van der Waals surface area contributed by atoms with E-state index in [4.69, 9.17) is 32.4 Å². The number of nitrogens with zero attached hydrogens (tertiary/aromatic N) is 3. The van der Waals surface area contributed by atoms with Gasteiger partial charge >= 0.3 is 6.03 Å². The van der Waals surface area contributed by atoms with E-state index in [0.29, 0.717) is 41.3 Å². The molecule has 0 aliphatic carbocycles. The van der Waals surface area contributed by atoms with Gasteiger partial charge in [0.1, 0.15) is 17.8 Å². The maximum absolute atomic E-state index is 12.2. The van der Waals surface area contributed by atoms with Crippen LogP contribution in [0.1, 0.15) is 17.1 Å². The third kappa shape index (κ3) is 6.01. The molecule has 3 aromatic rings. The molecule has 1 saturated heterocycles. The van der Waals surface area contributed by atoms with E-state index in [9.17, 15) is 4.79 Å². The van der Waals surface area contributed by atoms with Crippen molar-refractivity contribution >= 4 is 29.2 Å². The van der Waals surface area contributed by atoms with Crippen molar-refractivity contribution in [2.75, 3.05) is 26.2 Å². The maximum atomic E-state index is 12.2. The molecule has 170 valence electrons. The number of amides is 2. The third-order valence-electron chi connectivity index (χ3n) is 5.04. The second-order valence-corrected chi connectivity index (χ2v) is 8.40. The summed E-state index contributed by atoms with van der Waals surface area (Å²) in [5, 5.41) is 13.6. The van der Waals surface area contributed by atoms with E-state index in [1.165, 1.54) is 0 Å². The van der Waals surface area contributed by atoms with Crippen LogP contribution in [-0.2, 0) is 17.8 Å². The zero-order valence-electron chi connectivity index (χ0n) is 17.5. The molecule has 1 atom stereocenters. The van der Waals surface area contributed by atoms with Crippen LogP contribution < -0.4 is 10.6 Å². The van der Waals surface area contributed by atoms with Gasteiger partial charge in [0.25, 0.3) is 0 Å². The van der Waals surface area contributed by atoms with Crippen molar-refractivity contribution in [1.82, 2.24) is 30.7 Å². The van der Waals surface area contributed by atoms with E-state index < -0.39 is 0 Å². The molecule has 2 aromatic heterocycles. The van der Waals surface area contributed by atoms with E-state index >= 15 is 0 Å². The Kier molecular flexibility index (Phi) is 7.31. The lowest BCUT2D eigenvalue weighted by Gasteiger charge is -2.33. The summed E-state index contributed by atoms with van der Waals surface area (Å²) in [6, 6.07) is 7.16. The Hall–Kier alpha value is -2.59. The first-order valence-corrected chi connectivity index (χ1v) is 11.0. The van der Waals surface area contributed by atoms with Crippen LogP contribution in [-0.4, -0.2) is 58.5 Å². The van der Waals surface area contributed by atoms with E-state index in [1.807, 2.05) is 19.1 Å². The minimum atomic E-state index is -0.290. The number of benzene rings is 1. The van der Waals surface area contributed by atoms with Crippen molar-refractivity contribution < 1.29 is 13.9 Å². The number of ether oxygens (including phenoxy) is 1. The molecule has 11 heteroatoms. The number of aryl methyl sites for hydroxylation is 1. The van der Waals surface area contributed by atoms with Gasteiger partial charge in [-0.3, -0.25) is 10.00 Å². The predicted molar refractivity (Wildman–Crippen MR) is 121 cm³/mol. The van der Waals surface area contributed by atoms with Crippen molar-refractivity contribution in [1.29, 1.82) is 0 Å². The summed E-state index contributed by atoms with van der Waals surface area (Å²) in [5.41, 5.74) is 1.84. The fourth-order valence-electron chi connectivity index (χ4n) is 3.44. The molecule has 1 aliphatic rings. The minimum absolute atomic E-state index is 0.0959. The monoisotopic (exact) mass is 478 g/mol. The highest BCUT2D eigenvalue weighted by molar-refractivity contribution is 6.42. The van der Waals surface area contributed by atoms with Crippen LogP contribution in [0.15, 0.2) is 34.9 Å². The summed E-state index contributed by atoms with van der Waals surface area (Å²) >= 11 is 12.1. The van der Waals surface area contributed by atoms with Gasteiger partial charge in [-0.2, -0.15) is 5.10 Å². The smallest absolute Gasteiger partial charge is 0.315 e. The molecule has 2 amide bonds. The average Bonchev–Trinajstić information content (AvgIpc) is 3.42. The highest BCUT2D eigenvalue weighted by atomic mass is 35.5. The quantitative estimate of drug-likeness (QED) is 0.480. The van der Waals surface area contributed by atoms with Crippen molar-refractivity contribution in [2.45, 2.75) is 26.1 Å². The van der Waals surface area contributed by atoms with Crippen LogP contribution in [0.25, 0.3) is 11.4 Å². The van der Waals surface area contributed by atoms with Gasteiger partial charge in [-0.15, -0.1) is 0 Å². The summed E-state index contributed by atoms with van der Waals surface area (Å²) in [6.45, 7) is 5.35. The molecule has 0 bridgehead atoms. The average molecular weight is 479 g/mol. The van der Waals surface area contributed by atoms with Crippen molar-refractivity contribution in [3.63, 3.8) is 0 Å². The van der Waals surface area contributed by atoms with Gasteiger partial charge in [0.2, 0.25) is 0 Å². The van der Waals surface area contributed by atoms with E-state index in [2.05, 4.69) is 30.7 Å². The molecule has 0 spiro atoms. The van der Waals surface area contributed by atoms with E-state index in [0.717, 1.165) is 30.0 Å². The number of rotatable bonds is 7. The number of carbonyl (C=O) groups is 1. The van der Waals surface area contributed by atoms with Gasteiger partial charge in [0, 0.05) is 26.2 Å². The number of furan rings is 1. The Morgan fingerprint density at radius 3 is 2.94 bits per heavy atom. The predicted octanol–water partition coefficient (Wildman–Crippen LogP) is 3.38. The van der Waals surface area contributed by atoms with Crippen molar-refractivity contribution in [3.8, 4) is 11.4 Å². The zero-order valence-corrected chi connectivity index (χ0v) is 19.0. The lowest BCUT2D eigenvalue weighted by molar-refractivity contribution is -0.0287. The highest BCUT2D eigenvalue weighted by Gasteiger charge is 2.21. The summed E-state index contributed by atoms with van der Waals surface area (Å²) in [5.74, 6) is 1.89. The first-order valence-electron chi connectivity index (χ1n) is 10.2. The molecule has 32 heavy (non-hydrogen) atoms. The molecule has 0 saturated carbocycles. The summed E-state index contributed by atoms with van der Waals surface area (Å²) in [4.78, 5) is 18.7. The van der Waals surface area contributed by atoms with Crippen molar-refractivity contribution in [3.05, 3.63) is 57.7 Å². The van der Waals surface area contributed by atoms with Crippen LogP contribution in [0.4, 0.5) is 4.79 Å². The molecule has 1 aliphatic heterocycles. The van der Waals surface area contributed by atoms with Crippen molar-refractivity contribution in [2.24, 2.45) is 0 Å². The van der Waals surface area contributed by atoms with E-state index in [-0.39, 0.29) is 18.7 Å². The second kappa shape index (κ2) is 10.4. The van der Waals surface area contributed by atoms with Crippen LogP contribution >= 0.6 is 23.2 Å². The molecule has 9 nitrogen and oxygen atoms in total. The number of halogens is 2. The zero-order chi connectivity index (χ0) is 22.5. The first-order chi connectivity index (χ1) is 15.5. The number of hydrogen-bond donors (Lipinski definition) is 3. The Balaban J connectivity index is 1.20. The van der Waals surface area contributed by atoms with Crippen LogP contribution in [0.5, 0.6) is 0 Å².